The Balaban J connectivity index is 2.19. The molecule has 0 spiro atoms. The summed E-state index contributed by atoms with van der Waals surface area (Å²) in [5.41, 5.74) is -0.391. The van der Waals surface area contributed by atoms with Crippen molar-refractivity contribution in [2.45, 2.75) is 32.4 Å². The van der Waals surface area contributed by atoms with Crippen LogP contribution in [-0.2, 0) is 4.74 Å². The van der Waals surface area contributed by atoms with Crippen molar-refractivity contribution in [2.75, 3.05) is 13.1 Å². The van der Waals surface area contributed by atoms with Gasteiger partial charge in [-0.1, -0.05) is 0 Å². The summed E-state index contributed by atoms with van der Waals surface area (Å²) in [5, 5.41) is 4.92. The van der Waals surface area contributed by atoms with E-state index in [-0.39, 0.29) is 6.09 Å². The van der Waals surface area contributed by atoms with Crippen LogP contribution in [0.5, 0.6) is 0 Å². The number of carbonyl (C=O) groups excluding carboxylic acids is 1. The van der Waals surface area contributed by atoms with Crippen molar-refractivity contribution in [2.24, 2.45) is 0 Å². The second kappa shape index (κ2) is 3.31. The summed E-state index contributed by atoms with van der Waals surface area (Å²) in [7, 11) is 0. The van der Waals surface area contributed by atoms with Crippen LogP contribution in [0.25, 0.3) is 0 Å². The second-order valence-corrected chi connectivity index (χ2v) is 4.10. The van der Waals surface area contributed by atoms with Crippen LogP contribution in [0, 0.1) is 0 Å². The lowest BCUT2D eigenvalue weighted by atomic mass is 10.2. The molecule has 1 heterocycles. The Bertz CT molecular complexity index is 170. The lowest BCUT2D eigenvalue weighted by Crippen LogP contribution is -3.00. The van der Waals surface area contributed by atoms with E-state index in [1.54, 1.807) is 0 Å². The molecule has 0 aromatic carbocycles. The number of rotatable bonds is 1. The highest BCUT2D eigenvalue weighted by Gasteiger charge is 2.25. The van der Waals surface area contributed by atoms with Gasteiger partial charge in [0.1, 0.15) is 24.7 Å². The largest absolute Gasteiger partial charge is 0.444 e. The summed E-state index contributed by atoms with van der Waals surface area (Å²) < 4.78 is 5.08. The van der Waals surface area contributed by atoms with Crippen molar-refractivity contribution in [3.05, 3.63) is 0 Å². The third-order valence-electron chi connectivity index (χ3n) is 1.62. The minimum absolute atomic E-state index is 0.305. The number of quaternary nitrogens is 1. The van der Waals surface area contributed by atoms with Gasteiger partial charge in [-0.25, -0.2) is 4.79 Å². The van der Waals surface area contributed by atoms with Crippen molar-refractivity contribution in [1.82, 2.24) is 5.32 Å². The first-order valence-electron chi connectivity index (χ1n) is 4.28. The van der Waals surface area contributed by atoms with Crippen molar-refractivity contribution in [3.63, 3.8) is 0 Å². The molecule has 4 nitrogen and oxygen atoms in total. The molecule has 0 unspecified atom stereocenters. The normalized spacial score (nSPS) is 18.2. The van der Waals surface area contributed by atoms with Gasteiger partial charge in [0.25, 0.3) is 0 Å². The summed E-state index contributed by atoms with van der Waals surface area (Å²) in [5.74, 6) is 0. The first kappa shape index (κ1) is 9.32. The number of alkyl carbamates (subject to hydrolysis) is 1. The maximum absolute atomic E-state index is 11.1. The zero-order valence-corrected chi connectivity index (χ0v) is 7.89. The van der Waals surface area contributed by atoms with Gasteiger partial charge in [0.2, 0.25) is 0 Å². The number of amides is 1. The summed E-state index contributed by atoms with van der Waals surface area (Å²) >= 11 is 0. The van der Waals surface area contributed by atoms with Crippen LogP contribution in [0.15, 0.2) is 0 Å². The Hall–Kier alpha value is -0.770. The minimum Gasteiger partial charge on any atom is -0.444 e. The molecule has 0 radical (unpaired) electrons. The smallest absolute Gasteiger partial charge is 0.408 e. The quantitative estimate of drug-likeness (QED) is 0.559. The third kappa shape index (κ3) is 3.09. The molecular formula is C8H17N2O2+. The Morgan fingerprint density at radius 3 is 2.42 bits per heavy atom. The topological polar surface area (TPSA) is 54.9 Å². The van der Waals surface area contributed by atoms with Gasteiger partial charge in [0, 0.05) is 0 Å². The fourth-order valence-corrected chi connectivity index (χ4v) is 0.925. The van der Waals surface area contributed by atoms with Gasteiger partial charge in [-0.05, 0) is 20.8 Å². The van der Waals surface area contributed by atoms with Gasteiger partial charge in [-0.3, -0.25) is 0 Å². The molecule has 0 aromatic heterocycles. The highest BCUT2D eigenvalue weighted by molar-refractivity contribution is 5.68. The molecule has 0 saturated carbocycles. The SMILES string of the molecule is CC(C)(C)OC(=O)NC1C[NH2+]C1. The molecule has 4 heteroatoms. The van der Waals surface area contributed by atoms with Gasteiger partial charge >= 0.3 is 6.09 Å². The Morgan fingerprint density at radius 1 is 1.50 bits per heavy atom. The third-order valence-corrected chi connectivity index (χ3v) is 1.62. The van der Waals surface area contributed by atoms with Gasteiger partial charge in [-0.2, -0.15) is 0 Å². The molecule has 70 valence electrons. The molecule has 12 heavy (non-hydrogen) atoms. The van der Waals surface area contributed by atoms with Gasteiger partial charge < -0.3 is 15.4 Å². The van der Waals surface area contributed by atoms with Crippen LogP contribution in [0.1, 0.15) is 20.8 Å². The monoisotopic (exact) mass is 173 g/mol. The summed E-state index contributed by atoms with van der Waals surface area (Å²) in [6.07, 6.45) is -0.305. The molecule has 1 aliphatic heterocycles. The van der Waals surface area contributed by atoms with Crippen LogP contribution >= 0.6 is 0 Å². The molecule has 0 aromatic rings. The average Bonchev–Trinajstić information content (AvgIpc) is 1.74. The van der Waals surface area contributed by atoms with Gasteiger partial charge in [-0.15, -0.1) is 0 Å². The number of hydrogen-bond acceptors (Lipinski definition) is 2. The molecule has 3 N–H and O–H groups in total. The number of carbonyl (C=O) groups is 1. The van der Waals surface area contributed by atoms with Gasteiger partial charge in [0.05, 0.1) is 0 Å². The maximum Gasteiger partial charge on any atom is 0.408 e. The van der Waals surface area contributed by atoms with E-state index in [4.69, 9.17) is 4.74 Å². The van der Waals surface area contributed by atoms with Crippen LogP contribution < -0.4 is 10.6 Å². The molecule has 1 fully saturated rings. The summed E-state index contributed by atoms with van der Waals surface area (Å²) in [6.45, 7) is 7.52. The highest BCUT2D eigenvalue weighted by Crippen LogP contribution is 2.06. The Kier molecular flexibility index (Phi) is 2.57. The molecule has 1 amide bonds. The van der Waals surface area contributed by atoms with Crippen LogP contribution in [0.2, 0.25) is 0 Å². The van der Waals surface area contributed by atoms with E-state index in [0.717, 1.165) is 13.1 Å². The van der Waals surface area contributed by atoms with E-state index in [9.17, 15) is 4.79 Å². The molecule has 0 atom stereocenters. The predicted molar refractivity (Wildman–Crippen MR) is 44.8 cm³/mol. The van der Waals surface area contributed by atoms with Crippen LogP contribution in [0.4, 0.5) is 4.79 Å². The zero-order valence-electron chi connectivity index (χ0n) is 7.89. The van der Waals surface area contributed by atoms with E-state index in [0.29, 0.717) is 6.04 Å². The lowest BCUT2D eigenvalue weighted by Gasteiger charge is -2.26. The first-order valence-corrected chi connectivity index (χ1v) is 4.28. The second-order valence-electron chi connectivity index (χ2n) is 4.10. The number of nitrogens with one attached hydrogen (secondary N) is 1. The highest BCUT2D eigenvalue weighted by atomic mass is 16.6. The number of hydrogen-bond donors (Lipinski definition) is 2. The molecule has 1 rings (SSSR count). The van der Waals surface area contributed by atoms with E-state index in [1.165, 1.54) is 0 Å². The Morgan fingerprint density at radius 2 is 2.08 bits per heavy atom. The van der Waals surface area contributed by atoms with Crippen molar-refractivity contribution < 1.29 is 14.8 Å². The maximum atomic E-state index is 11.1. The fraction of sp³-hybridized carbons (Fsp3) is 0.875. The van der Waals surface area contributed by atoms with Gasteiger partial charge in [0.15, 0.2) is 0 Å². The molecule has 0 bridgehead atoms. The lowest BCUT2D eigenvalue weighted by molar-refractivity contribution is -0.711. The van der Waals surface area contributed by atoms with E-state index in [2.05, 4.69) is 10.6 Å². The zero-order chi connectivity index (χ0) is 9.19. The summed E-state index contributed by atoms with van der Waals surface area (Å²) in [4.78, 5) is 11.1. The molecule has 0 aliphatic carbocycles. The number of nitrogens with two attached hydrogens (primary N) is 1. The van der Waals surface area contributed by atoms with Crippen molar-refractivity contribution in [1.29, 1.82) is 0 Å². The van der Waals surface area contributed by atoms with Crippen molar-refractivity contribution in [3.8, 4) is 0 Å². The minimum atomic E-state index is -0.391. The standard InChI is InChI=1S/C8H16N2O2/c1-8(2,3)12-7(11)10-6-4-9-5-6/h6,9H,4-5H2,1-3H3,(H,10,11)/p+1. The molecule has 1 saturated heterocycles. The first-order chi connectivity index (χ1) is 5.47. The summed E-state index contributed by atoms with van der Waals surface area (Å²) in [6, 6.07) is 0.305. The fourth-order valence-electron chi connectivity index (χ4n) is 0.925. The van der Waals surface area contributed by atoms with Crippen LogP contribution in [-0.4, -0.2) is 30.8 Å². The van der Waals surface area contributed by atoms with E-state index in [1.807, 2.05) is 20.8 Å². The van der Waals surface area contributed by atoms with E-state index >= 15 is 0 Å². The Labute approximate surface area is 72.7 Å². The number of ether oxygens (including phenoxy) is 1. The molecular weight excluding hydrogens is 156 g/mol. The van der Waals surface area contributed by atoms with Crippen LogP contribution in [0.3, 0.4) is 0 Å². The van der Waals surface area contributed by atoms with Crippen molar-refractivity contribution >= 4 is 6.09 Å². The predicted octanol–water partition coefficient (Wildman–Crippen LogP) is -0.543. The molecule has 1 aliphatic rings. The van der Waals surface area contributed by atoms with E-state index < -0.39 is 5.60 Å². The average molecular weight is 173 g/mol.